The van der Waals surface area contributed by atoms with E-state index in [2.05, 4.69) is 10.3 Å². The number of carbonyl (C=O) groups excluding carboxylic acids is 1. The van der Waals surface area contributed by atoms with Gasteiger partial charge in [0.2, 0.25) is 5.91 Å². The number of rotatable bonds is 4. The molecular weight excluding hydrogens is 316 g/mol. The minimum atomic E-state index is -3.01. The minimum absolute atomic E-state index is 0.0646. The predicted molar refractivity (Wildman–Crippen MR) is 84.5 cm³/mol. The second-order valence-electron chi connectivity index (χ2n) is 6.32. The summed E-state index contributed by atoms with van der Waals surface area (Å²) in [6, 6.07) is 7.50. The third-order valence-electron chi connectivity index (χ3n) is 4.54. The lowest BCUT2D eigenvalue weighted by atomic mass is 10.2. The molecule has 1 amide bonds. The third kappa shape index (κ3) is 2.83. The first-order valence-corrected chi connectivity index (χ1v) is 9.65. The molecule has 2 aliphatic rings. The average molecular weight is 334 g/mol. The summed E-state index contributed by atoms with van der Waals surface area (Å²) in [6.45, 7) is 0.105. The van der Waals surface area contributed by atoms with Crippen LogP contribution in [0.4, 0.5) is 0 Å². The Morgan fingerprint density at radius 2 is 2.00 bits per heavy atom. The molecule has 23 heavy (non-hydrogen) atoms. The predicted octanol–water partition coefficient (Wildman–Crippen LogP) is 0.609. The van der Waals surface area contributed by atoms with Crippen molar-refractivity contribution >= 4 is 26.8 Å². The van der Waals surface area contributed by atoms with Crippen molar-refractivity contribution in [3.8, 4) is 0 Å². The van der Waals surface area contributed by atoms with Crippen molar-refractivity contribution in [2.24, 2.45) is 0 Å². The fraction of sp³-hybridized carbons (Fsp3) is 0.533. The normalized spacial score (nSPS) is 23.2. The Morgan fingerprint density at radius 1 is 1.22 bits per heavy atom. The first-order valence-electron chi connectivity index (χ1n) is 7.83. The van der Waals surface area contributed by atoms with Gasteiger partial charge in [-0.2, -0.15) is 0 Å². The zero-order valence-electron chi connectivity index (χ0n) is 12.6. The Balaban J connectivity index is 1.56. The number of fused-ring (bicyclic) bond motifs is 1. The van der Waals surface area contributed by atoms with Crippen LogP contribution < -0.4 is 0 Å². The molecule has 2 heterocycles. The van der Waals surface area contributed by atoms with Gasteiger partial charge < -0.3 is 4.90 Å². The van der Waals surface area contributed by atoms with Crippen LogP contribution in [0, 0.1) is 0 Å². The van der Waals surface area contributed by atoms with Crippen molar-refractivity contribution in [3.05, 3.63) is 24.3 Å². The van der Waals surface area contributed by atoms with Gasteiger partial charge in [0.05, 0.1) is 17.0 Å². The number of aromatic nitrogens is 3. The molecule has 1 aliphatic heterocycles. The highest BCUT2D eigenvalue weighted by Crippen LogP contribution is 2.32. The second kappa shape index (κ2) is 5.30. The summed E-state index contributed by atoms with van der Waals surface area (Å²) in [4.78, 5) is 14.6. The van der Waals surface area contributed by atoms with Crippen molar-refractivity contribution in [1.82, 2.24) is 19.9 Å². The molecule has 1 atom stereocenters. The molecule has 0 N–H and O–H groups in total. The lowest BCUT2D eigenvalue weighted by Gasteiger charge is -2.28. The maximum absolute atomic E-state index is 12.8. The van der Waals surface area contributed by atoms with E-state index in [1.165, 1.54) is 0 Å². The molecule has 1 aliphatic carbocycles. The van der Waals surface area contributed by atoms with Crippen LogP contribution in [0.2, 0.25) is 0 Å². The first-order chi connectivity index (χ1) is 11.0. The Labute approximate surface area is 134 Å². The largest absolute Gasteiger partial charge is 0.334 e. The van der Waals surface area contributed by atoms with E-state index in [1.807, 2.05) is 24.3 Å². The van der Waals surface area contributed by atoms with Gasteiger partial charge in [-0.25, -0.2) is 13.1 Å². The van der Waals surface area contributed by atoms with Crippen LogP contribution in [0.3, 0.4) is 0 Å². The van der Waals surface area contributed by atoms with E-state index >= 15 is 0 Å². The summed E-state index contributed by atoms with van der Waals surface area (Å²) < 4.78 is 25.1. The summed E-state index contributed by atoms with van der Waals surface area (Å²) in [5, 5.41) is 8.11. The molecule has 0 spiro atoms. The van der Waals surface area contributed by atoms with Crippen molar-refractivity contribution in [2.75, 3.05) is 11.5 Å². The zero-order valence-corrected chi connectivity index (χ0v) is 13.4. The van der Waals surface area contributed by atoms with E-state index in [-0.39, 0.29) is 36.0 Å². The lowest BCUT2D eigenvalue weighted by molar-refractivity contribution is -0.134. The van der Waals surface area contributed by atoms with Crippen molar-refractivity contribution in [2.45, 2.75) is 37.9 Å². The smallest absolute Gasteiger partial charge is 0.244 e. The van der Waals surface area contributed by atoms with Gasteiger partial charge in [-0.3, -0.25) is 4.79 Å². The van der Waals surface area contributed by atoms with Crippen molar-refractivity contribution < 1.29 is 13.2 Å². The molecular formula is C15H18N4O3S. The van der Waals surface area contributed by atoms with E-state index in [9.17, 15) is 13.2 Å². The lowest BCUT2D eigenvalue weighted by Crippen LogP contribution is -2.44. The van der Waals surface area contributed by atoms with Gasteiger partial charge in [0, 0.05) is 12.1 Å². The van der Waals surface area contributed by atoms with Gasteiger partial charge >= 0.3 is 0 Å². The highest BCUT2D eigenvalue weighted by Gasteiger charge is 2.42. The quantitative estimate of drug-likeness (QED) is 0.818. The molecule has 0 radical (unpaired) electrons. The molecule has 1 saturated heterocycles. The summed E-state index contributed by atoms with van der Waals surface area (Å²) in [5.41, 5.74) is 1.57. The Kier molecular flexibility index (Phi) is 3.37. The summed E-state index contributed by atoms with van der Waals surface area (Å²) in [6.07, 6.45) is 2.46. The number of carbonyl (C=O) groups is 1. The Morgan fingerprint density at radius 3 is 2.70 bits per heavy atom. The Bertz CT molecular complexity index is 856. The van der Waals surface area contributed by atoms with E-state index in [0.717, 1.165) is 23.9 Å². The average Bonchev–Trinajstić information content (AvgIpc) is 3.16. The van der Waals surface area contributed by atoms with Gasteiger partial charge in [0.15, 0.2) is 9.84 Å². The molecule has 0 bridgehead atoms. The highest BCUT2D eigenvalue weighted by molar-refractivity contribution is 7.91. The fourth-order valence-electron chi connectivity index (χ4n) is 3.30. The third-order valence-corrected chi connectivity index (χ3v) is 6.29. The molecule has 8 heteroatoms. The molecule has 2 aromatic rings. The van der Waals surface area contributed by atoms with Gasteiger partial charge in [-0.05, 0) is 31.4 Å². The molecule has 1 saturated carbocycles. The number of amides is 1. The highest BCUT2D eigenvalue weighted by atomic mass is 32.2. The van der Waals surface area contributed by atoms with Crippen LogP contribution in [0.5, 0.6) is 0 Å². The number of benzene rings is 1. The molecule has 2 fully saturated rings. The van der Waals surface area contributed by atoms with Crippen LogP contribution in [0.1, 0.15) is 19.3 Å². The first kappa shape index (κ1) is 14.6. The number of nitrogens with zero attached hydrogens (tertiary/aromatic N) is 4. The van der Waals surface area contributed by atoms with Crippen LogP contribution in [-0.2, 0) is 21.2 Å². The van der Waals surface area contributed by atoms with Crippen molar-refractivity contribution in [3.63, 3.8) is 0 Å². The Hall–Kier alpha value is -1.96. The van der Waals surface area contributed by atoms with E-state index < -0.39 is 9.84 Å². The number of para-hydroxylation sites is 1. The topological polar surface area (TPSA) is 85.2 Å². The maximum Gasteiger partial charge on any atom is 0.244 e. The van der Waals surface area contributed by atoms with Gasteiger partial charge in [-0.15, -0.1) is 5.10 Å². The number of hydrogen-bond donors (Lipinski definition) is 0. The molecule has 7 nitrogen and oxygen atoms in total. The van der Waals surface area contributed by atoms with Gasteiger partial charge in [-0.1, -0.05) is 17.3 Å². The van der Waals surface area contributed by atoms with E-state index in [0.29, 0.717) is 6.42 Å². The van der Waals surface area contributed by atoms with Crippen LogP contribution in [-0.4, -0.2) is 57.8 Å². The van der Waals surface area contributed by atoms with E-state index in [1.54, 1.807) is 9.58 Å². The van der Waals surface area contributed by atoms with E-state index in [4.69, 9.17) is 0 Å². The molecule has 1 aromatic heterocycles. The summed E-state index contributed by atoms with van der Waals surface area (Å²) in [7, 11) is -3.01. The number of sulfone groups is 1. The minimum Gasteiger partial charge on any atom is -0.334 e. The molecule has 122 valence electrons. The van der Waals surface area contributed by atoms with Gasteiger partial charge in [0.1, 0.15) is 12.1 Å². The fourth-order valence-corrected chi connectivity index (χ4v) is 5.01. The molecule has 1 aromatic carbocycles. The van der Waals surface area contributed by atoms with Crippen LogP contribution in [0.15, 0.2) is 24.3 Å². The zero-order chi connectivity index (χ0) is 16.0. The maximum atomic E-state index is 12.8. The van der Waals surface area contributed by atoms with Crippen LogP contribution >= 0.6 is 0 Å². The van der Waals surface area contributed by atoms with Gasteiger partial charge in [0.25, 0.3) is 0 Å². The monoisotopic (exact) mass is 334 g/mol. The second-order valence-corrected chi connectivity index (χ2v) is 8.55. The molecule has 0 unspecified atom stereocenters. The SMILES string of the molecule is O=C(Cn1nnc2ccccc21)N(C1CC1)[C@H]1CCS(=O)(=O)C1. The summed E-state index contributed by atoms with van der Waals surface area (Å²) in [5.74, 6) is 0.207. The van der Waals surface area contributed by atoms with Crippen molar-refractivity contribution in [1.29, 1.82) is 0 Å². The molecule has 4 rings (SSSR count). The summed E-state index contributed by atoms with van der Waals surface area (Å²) >= 11 is 0. The van der Waals surface area contributed by atoms with Crippen LogP contribution in [0.25, 0.3) is 11.0 Å². The standard InChI is InChI=1S/C15H18N4O3S/c20-15(9-18-14-4-2-1-3-13(14)16-17-18)19(11-5-6-11)12-7-8-23(21,22)10-12/h1-4,11-12H,5-10H2/t12-/m0/s1. The number of hydrogen-bond acceptors (Lipinski definition) is 5.